The lowest BCUT2D eigenvalue weighted by Crippen LogP contribution is -2.00. The molecule has 0 radical (unpaired) electrons. The van der Waals surface area contributed by atoms with Crippen molar-refractivity contribution in [3.05, 3.63) is 60.7 Å². The zero-order chi connectivity index (χ0) is 14.7. The summed E-state index contributed by atoms with van der Waals surface area (Å²) < 4.78 is 14.7. The van der Waals surface area contributed by atoms with Crippen molar-refractivity contribution in [3.8, 4) is 16.9 Å². The molecule has 0 spiro atoms. The molecule has 1 amide bonds. The smallest absolute Gasteiger partial charge is 0.212 e. The van der Waals surface area contributed by atoms with E-state index in [1.807, 2.05) is 12.1 Å². The Morgan fingerprint density at radius 3 is 2.67 bits per heavy atom. The molecule has 1 aromatic carbocycles. The van der Waals surface area contributed by atoms with Gasteiger partial charge in [-0.1, -0.05) is 0 Å². The van der Waals surface area contributed by atoms with Gasteiger partial charge in [0, 0.05) is 11.8 Å². The maximum atomic E-state index is 13.0. The van der Waals surface area contributed by atoms with E-state index in [0.717, 1.165) is 16.9 Å². The van der Waals surface area contributed by atoms with E-state index in [0.29, 0.717) is 12.2 Å². The molecular formula is C15H11FN4O. The van der Waals surface area contributed by atoms with Crippen LogP contribution in [-0.4, -0.2) is 21.2 Å². The van der Waals surface area contributed by atoms with Gasteiger partial charge in [0.2, 0.25) is 6.41 Å². The summed E-state index contributed by atoms with van der Waals surface area (Å²) in [5, 5.41) is 6.76. The number of hydrogen-bond acceptors (Lipinski definition) is 3. The van der Waals surface area contributed by atoms with Crippen LogP contribution in [0.25, 0.3) is 16.9 Å². The van der Waals surface area contributed by atoms with Gasteiger partial charge in [0.15, 0.2) is 0 Å². The number of carbonyl (C=O) groups excluding carboxylic acids is 1. The average molecular weight is 282 g/mol. The summed E-state index contributed by atoms with van der Waals surface area (Å²) in [6, 6.07) is 11.5. The average Bonchev–Trinajstić information content (AvgIpc) is 2.98. The molecule has 0 aliphatic carbocycles. The number of benzene rings is 1. The molecule has 2 aromatic heterocycles. The number of anilines is 1. The third kappa shape index (κ3) is 2.64. The minimum absolute atomic E-state index is 0.297. The van der Waals surface area contributed by atoms with Crippen LogP contribution in [-0.2, 0) is 4.79 Å². The standard InChI is InChI=1S/C15H11FN4O/c16-12-1-3-13(4-2-12)20-14(6-8-19-20)11-5-7-17-15(9-11)18-10-21/h1-10H,(H,17,18,21). The first-order valence-electron chi connectivity index (χ1n) is 6.24. The minimum Gasteiger partial charge on any atom is -0.313 e. The van der Waals surface area contributed by atoms with Gasteiger partial charge >= 0.3 is 0 Å². The monoisotopic (exact) mass is 282 g/mol. The number of pyridine rings is 1. The second-order valence-electron chi connectivity index (χ2n) is 4.30. The Balaban J connectivity index is 2.04. The fraction of sp³-hybridized carbons (Fsp3) is 0. The van der Waals surface area contributed by atoms with Gasteiger partial charge in [0.1, 0.15) is 11.6 Å². The summed E-state index contributed by atoms with van der Waals surface area (Å²) in [5.74, 6) is 0.156. The van der Waals surface area contributed by atoms with E-state index in [9.17, 15) is 9.18 Å². The van der Waals surface area contributed by atoms with Gasteiger partial charge in [-0.05, 0) is 42.5 Å². The van der Waals surface area contributed by atoms with Gasteiger partial charge in [-0.2, -0.15) is 5.10 Å². The van der Waals surface area contributed by atoms with Gasteiger partial charge in [0.25, 0.3) is 0 Å². The van der Waals surface area contributed by atoms with Crippen LogP contribution in [0.4, 0.5) is 10.2 Å². The molecule has 6 heteroatoms. The molecule has 3 rings (SSSR count). The molecule has 0 saturated carbocycles. The molecule has 5 nitrogen and oxygen atoms in total. The van der Waals surface area contributed by atoms with Gasteiger partial charge in [0.05, 0.1) is 17.6 Å². The Hall–Kier alpha value is -3.02. The van der Waals surface area contributed by atoms with E-state index in [-0.39, 0.29) is 5.82 Å². The van der Waals surface area contributed by atoms with Gasteiger partial charge in [-0.25, -0.2) is 14.1 Å². The first-order chi connectivity index (χ1) is 10.3. The highest BCUT2D eigenvalue weighted by atomic mass is 19.1. The topological polar surface area (TPSA) is 59.8 Å². The minimum atomic E-state index is -0.297. The highest BCUT2D eigenvalue weighted by Crippen LogP contribution is 2.23. The molecule has 0 aliphatic rings. The Labute approximate surface area is 120 Å². The van der Waals surface area contributed by atoms with Crippen molar-refractivity contribution in [1.29, 1.82) is 0 Å². The van der Waals surface area contributed by atoms with Gasteiger partial charge in [-0.15, -0.1) is 0 Å². The van der Waals surface area contributed by atoms with Crippen molar-refractivity contribution >= 4 is 12.2 Å². The largest absolute Gasteiger partial charge is 0.313 e. The first-order valence-corrected chi connectivity index (χ1v) is 6.24. The molecular weight excluding hydrogens is 271 g/mol. The molecule has 3 aromatic rings. The number of nitrogens with zero attached hydrogens (tertiary/aromatic N) is 3. The van der Waals surface area contributed by atoms with Crippen LogP contribution in [0.2, 0.25) is 0 Å². The molecule has 0 aliphatic heterocycles. The summed E-state index contributed by atoms with van der Waals surface area (Å²) in [4.78, 5) is 14.5. The van der Waals surface area contributed by atoms with Gasteiger partial charge in [-0.3, -0.25) is 4.79 Å². The molecule has 104 valence electrons. The normalized spacial score (nSPS) is 10.3. The molecule has 2 heterocycles. The van der Waals surface area contributed by atoms with Crippen LogP contribution in [0.15, 0.2) is 54.9 Å². The molecule has 0 saturated heterocycles. The Bertz CT molecular complexity index is 767. The number of amides is 1. The van der Waals surface area contributed by atoms with Crippen molar-refractivity contribution in [2.24, 2.45) is 0 Å². The Morgan fingerprint density at radius 2 is 1.90 bits per heavy atom. The fourth-order valence-corrected chi connectivity index (χ4v) is 2.04. The highest BCUT2D eigenvalue weighted by Gasteiger charge is 2.08. The summed E-state index contributed by atoms with van der Waals surface area (Å²) in [6.07, 6.45) is 3.83. The van der Waals surface area contributed by atoms with Crippen molar-refractivity contribution in [1.82, 2.24) is 14.8 Å². The van der Waals surface area contributed by atoms with Crippen LogP contribution in [0, 0.1) is 5.82 Å². The SMILES string of the molecule is O=CNc1cc(-c2ccnn2-c2ccc(F)cc2)ccn1. The number of halogens is 1. The van der Waals surface area contributed by atoms with Crippen molar-refractivity contribution in [2.75, 3.05) is 5.32 Å². The lowest BCUT2D eigenvalue weighted by Gasteiger charge is -2.08. The van der Waals surface area contributed by atoms with E-state index < -0.39 is 0 Å². The lowest BCUT2D eigenvalue weighted by atomic mass is 10.2. The molecule has 21 heavy (non-hydrogen) atoms. The maximum absolute atomic E-state index is 13.0. The molecule has 0 unspecified atom stereocenters. The predicted molar refractivity (Wildman–Crippen MR) is 76.4 cm³/mol. The number of rotatable bonds is 4. The van der Waals surface area contributed by atoms with Crippen molar-refractivity contribution in [3.63, 3.8) is 0 Å². The first kappa shape index (κ1) is 13.0. The number of hydrogen-bond donors (Lipinski definition) is 1. The van der Waals surface area contributed by atoms with Crippen LogP contribution in [0.5, 0.6) is 0 Å². The van der Waals surface area contributed by atoms with Crippen LogP contribution < -0.4 is 5.32 Å². The predicted octanol–water partition coefficient (Wildman–Crippen LogP) is 2.64. The molecule has 0 bridgehead atoms. The molecule has 0 atom stereocenters. The van der Waals surface area contributed by atoms with E-state index in [1.165, 1.54) is 12.1 Å². The Kier molecular flexibility index (Phi) is 3.42. The third-order valence-electron chi connectivity index (χ3n) is 2.98. The summed E-state index contributed by atoms with van der Waals surface area (Å²) in [7, 11) is 0. The second-order valence-corrected chi connectivity index (χ2v) is 4.30. The van der Waals surface area contributed by atoms with Crippen molar-refractivity contribution < 1.29 is 9.18 Å². The molecule has 0 fully saturated rings. The Morgan fingerprint density at radius 1 is 1.10 bits per heavy atom. The van der Waals surface area contributed by atoms with E-state index >= 15 is 0 Å². The summed E-state index contributed by atoms with van der Waals surface area (Å²) >= 11 is 0. The van der Waals surface area contributed by atoms with E-state index in [4.69, 9.17) is 0 Å². The van der Waals surface area contributed by atoms with Crippen LogP contribution in [0.1, 0.15) is 0 Å². The number of carbonyl (C=O) groups is 1. The highest BCUT2D eigenvalue weighted by molar-refractivity contribution is 5.72. The molecule has 1 N–H and O–H groups in total. The number of aromatic nitrogens is 3. The van der Waals surface area contributed by atoms with E-state index in [1.54, 1.807) is 35.3 Å². The zero-order valence-electron chi connectivity index (χ0n) is 10.9. The number of nitrogens with one attached hydrogen (secondary N) is 1. The lowest BCUT2D eigenvalue weighted by molar-refractivity contribution is -0.105. The quantitative estimate of drug-likeness (QED) is 0.748. The van der Waals surface area contributed by atoms with Crippen LogP contribution in [0.3, 0.4) is 0 Å². The van der Waals surface area contributed by atoms with E-state index in [2.05, 4.69) is 15.4 Å². The summed E-state index contributed by atoms with van der Waals surface area (Å²) in [6.45, 7) is 0. The van der Waals surface area contributed by atoms with Crippen molar-refractivity contribution in [2.45, 2.75) is 0 Å². The maximum Gasteiger partial charge on any atom is 0.212 e. The summed E-state index contributed by atoms with van der Waals surface area (Å²) in [5.41, 5.74) is 2.41. The fourth-order valence-electron chi connectivity index (χ4n) is 2.04. The van der Waals surface area contributed by atoms with Gasteiger partial charge < -0.3 is 5.32 Å². The third-order valence-corrected chi connectivity index (χ3v) is 2.98. The van der Waals surface area contributed by atoms with Crippen LogP contribution >= 0.6 is 0 Å². The zero-order valence-corrected chi connectivity index (χ0v) is 10.9. The second kappa shape index (κ2) is 5.54.